The van der Waals surface area contributed by atoms with Gasteiger partial charge in [0.1, 0.15) is 4.60 Å². The van der Waals surface area contributed by atoms with E-state index in [9.17, 15) is 9.59 Å². The fourth-order valence-electron chi connectivity index (χ4n) is 3.01. The normalized spacial score (nSPS) is 15.4. The molecule has 27 heavy (non-hydrogen) atoms. The summed E-state index contributed by atoms with van der Waals surface area (Å²) in [5.41, 5.74) is 1.41. The number of halogens is 3. The number of rotatable bonds is 5. The summed E-state index contributed by atoms with van der Waals surface area (Å²) < 4.78 is 2.55. The van der Waals surface area contributed by atoms with Crippen LogP contribution in [0.3, 0.4) is 0 Å². The molecule has 2 aromatic rings. The van der Waals surface area contributed by atoms with Gasteiger partial charge in [-0.2, -0.15) is 5.10 Å². The molecule has 10 heteroatoms. The fourth-order valence-corrected chi connectivity index (χ4v) is 6.17. The minimum atomic E-state index is -0.0816. The first-order chi connectivity index (χ1) is 13.0. The summed E-state index contributed by atoms with van der Waals surface area (Å²) in [4.78, 5) is 26.8. The topological polar surface area (TPSA) is 67.2 Å². The maximum Gasteiger partial charge on any atom is 0.274 e. The molecular formula is C17H18BrClIN4O2P. The minimum Gasteiger partial charge on any atom is -0.352 e. The standard InChI is InChI=1S/C17H18BrClIN4O2P/c18-15-9-14(22-24(15)27-20)17(26)23-6-4-12(5-7-23)16(25)21-10-11-2-1-3-13(19)8-11/h1-3,8-9,12,27H,4-7,10H2,(H,21,25). The summed E-state index contributed by atoms with van der Waals surface area (Å²) in [6.45, 7) is 1.58. The fraction of sp³-hybridized carbons (Fsp3) is 0.353. The maximum atomic E-state index is 12.6. The van der Waals surface area contributed by atoms with Crippen molar-refractivity contribution in [2.75, 3.05) is 13.1 Å². The Hall–Kier alpha value is -0.700. The predicted molar refractivity (Wildman–Crippen MR) is 120 cm³/mol. The van der Waals surface area contributed by atoms with E-state index in [1.165, 1.54) is 0 Å². The van der Waals surface area contributed by atoms with Gasteiger partial charge in [-0.25, -0.2) is 4.45 Å². The SMILES string of the molecule is O=C(NCc1cccc(Cl)c1)C1CCN(C(=O)c2cc(Br)n(PI)n2)CC1. The lowest BCUT2D eigenvalue weighted by Crippen LogP contribution is -2.43. The summed E-state index contributed by atoms with van der Waals surface area (Å²) in [5, 5.41) is 7.95. The van der Waals surface area contributed by atoms with Gasteiger partial charge in [0.15, 0.2) is 5.69 Å². The third-order valence-corrected chi connectivity index (χ3v) is 7.47. The molecule has 0 radical (unpaired) electrons. The maximum absolute atomic E-state index is 12.6. The predicted octanol–water partition coefficient (Wildman–Crippen LogP) is 4.26. The molecule has 0 aliphatic carbocycles. The van der Waals surface area contributed by atoms with E-state index in [1.807, 2.05) is 24.3 Å². The average molecular weight is 584 g/mol. The average Bonchev–Trinajstić information content (AvgIpc) is 3.06. The summed E-state index contributed by atoms with van der Waals surface area (Å²) in [5.74, 6) is -0.129. The lowest BCUT2D eigenvalue weighted by molar-refractivity contribution is -0.126. The smallest absolute Gasteiger partial charge is 0.274 e. The zero-order chi connectivity index (χ0) is 19.4. The van der Waals surface area contributed by atoms with Crippen LogP contribution >= 0.6 is 55.9 Å². The van der Waals surface area contributed by atoms with Crippen LogP contribution in [0, 0.1) is 5.92 Å². The number of nitrogens with zero attached hydrogens (tertiary/aromatic N) is 3. The Balaban J connectivity index is 1.50. The Morgan fingerprint density at radius 1 is 1.33 bits per heavy atom. The van der Waals surface area contributed by atoms with Crippen LogP contribution in [0.2, 0.25) is 5.02 Å². The van der Waals surface area contributed by atoms with Crippen molar-refractivity contribution in [3.05, 3.63) is 51.2 Å². The van der Waals surface area contributed by atoms with Crippen LogP contribution < -0.4 is 5.32 Å². The van der Waals surface area contributed by atoms with Crippen molar-refractivity contribution >= 4 is 67.8 Å². The molecular weight excluding hydrogens is 565 g/mol. The number of piperidine rings is 1. The van der Waals surface area contributed by atoms with E-state index < -0.39 is 0 Å². The second-order valence-corrected chi connectivity index (χ2v) is 9.55. The highest BCUT2D eigenvalue weighted by molar-refractivity contribution is 14.2. The molecule has 1 aromatic heterocycles. The Morgan fingerprint density at radius 2 is 2.07 bits per heavy atom. The van der Waals surface area contributed by atoms with Gasteiger partial charge in [-0.15, -0.1) is 0 Å². The highest BCUT2D eigenvalue weighted by Gasteiger charge is 2.29. The molecule has 1 atom stereocenters. The number of nitrogens with one attached hydrogen (secondary N) is 1. The molecule has 1 aliphatic heterocycles. The Kier molecular flexibility index (Phi) is 7.53. The van der Waals surface area contributed by atoms with Crippen LogP contribution in [0.5, 0.6) is 0 Å². The first kappa shape index (κ1) is 21.0. The number of hydrogen-bond donors (Lipinski definition) is 1. The molecule has 0 spiro atoms. The number of likely N-dealkylation sites (tertiary alicyclic amines) is 1. The Morgan fingerprint density at radius 3 is 2.70 bits per heavy atom. The third kappa shape index (κ3) is 5.43. The van der Waals surface area contributed by atoms with E-state index in [0.717, 1.165) is 10.2 Å². The molecule has 6 nitrogen and oxygen atoms in total. The van der Waals surface area contributed by atoms with Crippen LogP contribution in [0.4, 0.5) is 0 Å². The van der Waals surface area contributed by atoms with Crippen LogP contribution in [0.25, 0.3) is 0 Å². The quantitative estimate of drug-likeness (QED) is 0.423. The molecule has 3 rings (SSSR count). The Labute approximate surface area is 185 Å². The zero-order valence-corrected chi connectivity index (χ0v) is 19.8. The molecule has 1 unspecified atom stereocenters. The monoisotopic (exact) mass is 582 g/mol. The molecule has 2 amide bonds. The van der Waals surface area contributed by atoms with Gasteiger partial charge in [-0.05, 0) is 68.5 Å². The zero-order valence-electron chi connectivity index (χ0n) is 14.3. The number of hydrogen-bond acceptors (Lipinski definition) is 3. The first-order valence-corrected chi connectivity index (χ1v) is 13.6. The van der Waals surface area contributed by atoms with Crippen molar-refractivity contribution in [3.63, 3.8) is 0 Å². The molecule has 1 saturated heterocycles. The molecule has 144 valence electrons. The van der Waals surface area contributed by atoms with Crippen molar-refractivity contribution in [2.45, 2.75) is 19.4 Å². The molecule has 1 aliphatic rings. The second kappa shape index (κ2) is 9.67. The number of benzene rings is 1. The van der Waals surface area contributed by atoms with Crippen molar-refractivity contribution in [1.29, 1.82) is 0 Å². The molecule has 2 heterocycles. The van der Waals surface area contributed by atoms with Gasteiger partial charge in [0.05, 0.1) is 6.37 Å². The van der Waals surface area contributed by atoms with E-state index >= 15 is 0 Å². The van der Waals surface area contributed by atoms with Crippen LogP contribution in [-0.2, 0) is 11.3 Å². The van der Waals surface area contributed by atoms with Crippen molar-refractivity contribution in [2.24, 2.45) is 5.92 Å². The van der Waals surface area contributed by atoms with Gasteiger partial charge in [0.2, 0.25) is 5.91 Å². The van der Waals surface area contributed by atoms with Gasteiger partial charge in [0, 0.05) is 36.6 Å². The lowest BCUT2D eigenvalue weighted by atomic mass is 9.95. The number of aromatic nitrogens is 2. The second-order valence-electron chi connectivity index (χ2n) is 6.26. The largest absolute Gasteiger partial charge is 0.352 e. The minimum absolute atomic E-state index is 0.0280. The van der Waals surface area contributed by atoms with Crippen LogP contribution in [0.1, 0.15) is 28.9 Å². The molecule has 0 saturated carbocycles. The van der Waals surface area contributed by atoms with Crippen molar-refractivity contribution in [1.82, 2.24) is 19.8 Å². The highest BCUT2D eigenvalue weighted by Crippen LogP contribution is 2.29. The van der Waals surface area contributed by atoms with E-state index in [2.05, 4.69) is 48.4 Å². The Bertz CT molecular complexity index is 842. The van der Waals surface area contributed by atoms with Crippen molar-refractivity contribution in [3.8, 4) is 0 Å². The van der Waals surface area contributed by atoms with E-state index in [-0.39, 0.29) is 17.7 Å². The number of amides is 2. The van der Waals surface area contributed by atoms with E-state index in [0.29, 0.717) is 49.6 Å². The molecule has 1 aromatic carbocycles. The van der Waals surface area contributed by atoms with Gasteiger partial charge in [-0.3, -0.25) is 9.59 Å². The third-order valence-electron chi connectivity index (χ3n) is 4.47. The molecule has 1 fully saturated rings. The highest BCUT2D eigenvalue weighted by atomic mass is 127. The lowest BCUT2D eigenvalue weighted by Gasteiger charge is -2.30. The summed E-state index contributed by atoms with van der Waals surface area (Å²) in [6, 6.07) is 9.20. The van der Waals surface area contributed by atoms with Gasteiger partial charge in [-0.1, -0.05) is 23.7 Å². The van der Waals surface area contributed by atoms with Crippen molar-refractivity contribution < 1.29 is 9.59 Å². The number of carbonyl (C=O) groups excluding carboxylic acids is 2. The number of carbonyl (C=O) groups is 2. The summed E-state index contributed by atoms with van der Waals surface area (Å²) >= 11 is 11.6. The van der Waals surface area contributed by atoms with Crippen LogP contribution in [-0.4, -0.2) is 39.4 Å². The molecule has 1 N–H and O–H groups in total. The summed E-state index contributed by atoms with van der Waals surface area (Å²) in [7, 11) is 0. The molecule has 0 bridgehead atoms. The first-order valence-electron chi connectivity index (χ1n) is 8.41. The van der Waals surface area contributed by atoms with Crippen LogP contribution in [0.15, 0.2) is 34.9 Å². The summed E-state index contributed by atoms with van der Waals surface area (Å²) in [6.07, 6.45) is 1.74. The van der Waals surface area contributed by atoms with Gasteiger partial charge >= 0.3 is 0 Å². The van der Waals surface area contributed by atoms with Gasteiger partial charge < -0.3 is 10.2 Å². The van der Waals surface area contributed by atoms with Gasteiger partial charge in [0.25, 0.3) is 5.91 Å². The van der Waals surface area contributed by atoms with E-state index in [4.69, 9.17) is 11.6 Å². The van der Waals surface area contributed by atoms with E-state index in [1.54, 1.807) is 15.4 Å².